The number of hydrogen-bond donors (Lipinski definition) is 2. The number of ketones is 1. The summed E-state index contributed by atoms with van der Waals surface area (Å²) in [4.78, 5) is 17.3. The van der Waals surface area contributed by atoms with Crippen molar-refractivity contribution in [1.82, 2.24) is 5.32 Å². The Labute approximate surface area is 136 Å². The van der Waals surface area contributed by atoms with E-state index in [0.717, 1.165) is 18.4 Å². The van der Waals surface area contributed by atoms with Gasteiger partial charge in [-0.25, -0.2) is 0 Å². The molecule has 23 heavy (non-hydrogen) atoms. The highest BCUT2D eigenvalue weighted by molar-refractivity contribution is 6.23. The molecule has 0 amide bonds. The minimum absolute atomic E-state index is 0.00694. The second-order valence-electron chi connectivity index (χ2n) is 6.84. The van der Waals surface area contributed by atoms with E-state index in [0.29, 0.717) is 30.3 Å². The third kappa shape index (κ3) is 2.67. The summed E-state index contributed by atoms with van der Waals surface area (Å²) in [6.07, 6.45) is 5.56. The van der Waals surface area contributed by atoms with E-state index < -0.39 is 0 Å². The van der Waals surface area contributed by atoms with E-state index in [-0.39, 0.29) is 23.5 Å². The highest BCUT2D eigenvalue weighted by Crippen LogP contribution is 2.35. The van der Waals surface area contributed by atoms with E-state index in [1.54, 1.807) is 0 Å². The molecule has 3 aliphatic rings. The first-order valence-electron chi connectivity index (χ1n) is 8.57. The Kier molecular flexibility index (Phi) is 3.68. The van der Waals surface area contributed by atoms with E-state index in [4.69, 9.17) is 4.99 Å². The zero-order valence-electron chi connectivity index (χ0n) is 13.2. The fourth-order valence-corrected chi connectivity index (χ4v) is 4.07. The first-order chi connectivity index (χ1) is 11.2. The van der Waals surface area contributed by atoms with Gasteiger partial charge in [-0.2, -0.15) is 0 Å². The monoisotopic (exact) mass is 310 g/mol. The van der Waals surface area contributed by atoms with Crippen LogP contribution in [-0.4, -0.2) is 28.8 Å². The number of allylic oxidation sites excluding steroid dienone is 1. The molecule has 1 heterocycles. The highest BCUT2D eigenvalue weighted by Gasteiger charge is 2.37. The molecule has 2 N–H and O–H groups in total. The van der Waals surface area contributed by atoms with Crippen molar-refractivity contribution in [3.8, 4) is 0 Å². The van der Waals surface area contributed by atoms with Gasteiger partial charge >= 0.3 is 0 Å². The first-order valence-corrected chi connectivity index (χ1v) is 8.57. The molecular weight excluding hydrogens is 288 g/mol. The zero-order chi connectivity index (χ0) is 15.8. The summed E-state index contributed by atoms with van der Waals surface area (Å²) in [5.74, 6) is 0.903. The summed E-state index contributed by atoms with van der Waals surface area (Å²) in [5, 5.41) is 13.9. The van der Waals surface area contributed by atoms with Gasteiger partial charge in [-0.05, 0) is 24.3 Å². The number of fused-ring (bicyclic) bond motifs is 1. The summed E-state index contributed by atoms with van der Waals surface area (Å²) >= 11 is 0. The fourth-order valence-electron chi connectivity index (χ4n) is 4.07. The molecule has 0 bridgehead atoms. The third-order valence-corrected chi connectivity index (χ3v) is 5.29. The number of nitrogens with zero attached hydrogens (tertiary/aromatic N) is 1. The number of Topliss-reactive ketones (excluding diaryl/α,β-unsaturated/α-hetero) is 1. The van der Waals surface area contributed by atoms with Crippen LogP contribution < -0.4 is 5.32 Å². The Morgan fingerprint density at radius 3 is 2.61 bits per heavy atom. The van der Waals surface area contributed by atoms with Gasteiger partial charge in [0.05, 0.1) is 11.6 Å². The molecule has 2 aliphatic carbocycles. The van der Waals surface area contributed by atoms with E-state index in [1.165, 1.54) is 12.8 Å². The molecule has 1 unspecified atom stereocenters. The molecule has 1 aromatic rings. The number of nitrogens with one attached hydrogen (secondary N) is 1. The molecule has 0 aromatic heterocycles. The van der Waals surface area contributed by atoms with E-state index in [1.807, 2.05) is 30.3 Å². The van der Waals surface area contributed by atoms with Crippen molar-refractivity contribution in [3.63, 3.8) is 0 Å². The maximum Gasteiger partial charge on any atom is 0.170 e. The summed E-state index contributed by atoms with van der Waals surface area (Å²) < 4.78 is 0. The lowest BCUT2D eigenvalue weighted by Crippen LogP contribution is -2.39. The molecule has 4 rings (SSSR count). The van der Waals surface area contributed by atoms with Crippen molar-refractivity contribution in [2.45, 2.75) is 56.5 Å². The lowest BCUT2D eigenvalue weighted by atomic mass is 9.82. The van der Waals surface area contributed by atoms with Gasteiger partial charge < -0.3 is 10.4 Å². The van der Waals surface area contributed by atoms with Crippen molar-refractivity contribution >= 4 is 11.6 Å². The predicted molar refractivity (Wildman–Crippen MR) is 89.7 cm³/mol. The molecule has 0 spiro atoms. The van der Waals surface area contributed by atoms with Crippen molar-refractivity contribution in [3.05, 3.63) is 47.2 Å². The van der Waals surface area contributed by atoms with Crippen LogP contribution in [0.5, 0.6) is 0 Å². The number of amidine groups is 1. The second-order valence-corrected chi connectivity index (χ2v) is 6.84. The van der Waals surface area contributed by atoms with Gasteiger partial charge in [0.15, 0.2) is 5.78 Å². The maximum absolute atomic E-state index is 12.6. The van der Waals surface area contributed by atoms with Gasteiger partial charge in [0.1, 0.15) is 11.6 Å². The standard InChI is InChI=1S/C19H22N2O2/c22-16-10-13(12-6-2-1-3-7-12)11-17(23)18(16)19-20-14-8-4-5-9-15(14)21-19/h1-3,6-7,13-15,22H,4-5,8-11H2,(H,20,21)/t13?,14-,15+. The minimum Gasteiger partial charge on any atom is -0.511 e. The average Bonchev–Trinajstić information content (AvgIpc) is 2.98. The molecule has 3 atom stereocenters. The fraction of sp³-hybridized carbons (Fsp3) is 0.474. The molecule has 4 nitrogen and oxygen atoms in total. The van der Waals surface area contributed by atoms with Gasteiger partial charge in [-0.15, -0.1) is 0 Å². The molecule has 120 valence electrons. The van der Waals surface area contributed by atoms with Crippen LogP contribution in [0.2, 0.25) is 0 Å². The quantitative estimate of drug-likeness (QED) is 0.881. The van der Waals surface area contributed by atoms with Crippen LogP contribution in [0.4, 0.5) is 0 Å². The number of carbonyl (C=O) groups is 1. The second kappa shape index (κ2) is 5.84. The van der Waals surface area contributed by atoms with Crippen LogP contribution in [0.3, 0.4) is 0 Å². The largest absolute Gasteiger partial charge is 0.511 e. The zero-order valence-corrected chi connectivity index (χ0v) is 13.2. The Balaban J connectivity index is 1.59. The lowest BCUT2D eigenvalue weighted by molar-refractivity contribution is -0.116. The van der Waals surface area contributed by atoms with Crippen molar-refractivity contribution in [1.29, 1.82) is 0 Å². The van der Waals surface area contributed by atoms with Crippen LogP contribution in [0.25, 0.3) is 0 Å². The lowest BCUT2D eigenvalue weighted by Gasteiger charge is -2.25. The summed E-state index contributed by atoms with van der Waals surface area (Å²) in [6.45, 7) is 0. The highest BCUT2D eigenvalue weighted by atomic mass is 16.3. The van der Waals surface area contributed by atoms with E-state index in [2.05, 4.69) is 5.32 Å². The molecule has 4 heteroatoms. The Hall–Kier alpha value is -2.10. The van der Waals surface area contributed by atoms with Gasteiger partial charge in [0.2, 0.25) is 0 Å². The first kappa shape index (κ1) is 14.5. The molecular formula is C19H22N2O2. The molecule has 1 fully saturated rings. The number of aliphatic hydroxyl groups is 1. The smallest absolute Gasteiger partial charge is 0.170 e. The number of aliphatic imine (C=N–C) groups is 1. The van der Waals surface area contributed by atoms with Crippen molar-refractivity contribution < 1.29 is 9.90 Å². The number of hydrogen-bond acceptors (Lipinski definition) is 4. The Morgan fingerprint density at radius 1 is 1.09 bits per heavy atom. The van der Waals surface area contributed by atoms with Crippen LogP contribution in [0, 0.1) is 0 Å². The molecule has 1 aromatic carbocycles. The Bertz CT molecular complexity index is 678. The summed E-state index contributed by atoms with van der Waals surface area (Å²) in [6, 6.07) is 10.6. The predicted octanol–water partition coefficient (Wildman–Crippen LogP) is 3.26. The van der Waals surface area contributed by atoms with Crippen molar-refractivity contribution in [2.75, 3.05) is 0 Å². The topological polar surface area (TPSA) is 61.7 Å². The number of carbonyl (C=O) groups excluding carboxylic acids is 1. The SMILES string of the molecule is O=C1CC(c2ccccc2)CC(O)=C1C1=N[C@H]2CCCC[C@H]2N1. The maximum atomic E-state index is 12.6. The van der Waals surface area contributed by atoms with Gasteiger partial charge in [0.25, 0.3) is 0 Å². The molecule has 1 saturated carbocycles. The summed E-state index contributed by atoms with van der Waals surface area (Å²) in [5.41, 5.74) is 1.55. The van der Waals surface area contributed by atoms with Crippen LogP contribution in [-0.2, 0) is 4.79 Å². The van der Waals surface area contributed by atoms with Crippen LogP contribution in [0.1, 0.15) is 50.0 Å². The Morgan fingerprint density at radius 2 is 1.87 bits per heavy atom. The number of aliphatic hydroxyl groups excluding tert-OH is 1. The molecule has 0 saturated heterocycles. The number of rotatable bonds is 2. The van der Waals surface area contributed by atoms with Gasteiger partial charge in [-0.1, -0.05) is 43.2 Å². The molecule has 0 radical (unpaired) electrons. The van der Waals surface area contributed by atoms with Gasteiger partial charge in [-0.3, -0.25) is 9.79 Å². The summed E-state index contributed by atoms with van der Waals surface area (Å²) in [7, 11) is 0. The van der Waals surface area contributed by atoms with Crippen molar-refractivity contribution in [2.24, 2.45) is 4.99 Å². The number of benzene rings is 1. The normalized spacial score (nSPS) is 30.7. The van der Waals surface area contributed by atoms with E-state index >= 15 is 0 Å². The average molecular weight is 310 g/mol. The van der Waals surface area contributed by atoms with Crippen LogP contribution in [0.15, 0.2) is 46.7 Å². The van der Waals surface area contributed by atoms with E-state index in [9.17, 15) is 9.90 Å². The van der Waals surface area contributed by atoms with Crippen LogP contribution >= 0.6 is 0 Å². The minimum atomic E-state index is 0.00694. The van der Waals surface area contributed by atoms with Gasteiger partial charge in [0, 0.05) is 18.9 Å². The molecule has 1 aliphatic heterocycles. The third-order valence-electron chi connectivity index (χ3n) is 5.29.